The fourth-order valence-corrected chi connectivity index (χ4v) is 2.09. The van der Waals surface area contributed by atoms with Crippen LogP contribution in [0.3, 0.4) is 0 Å². The van der Waals surface area contributed by atoms with Gasteiger partial charge in [0.05, 0.1) is 25.3 Å². The van der Waals surface area contributed by atoms with Crippen molar-refractivity contribution < 1.29 is 14.6 Å². The number of aliphatic hydroxyl groups is 1. The summed E-state index contributed by atoms with van der Waals surface area (Å²) in [7, 11) is 3.10. The molecule has 1 fully saturated rings. The molecule has 88 valence electrons. The fourth-order valence-electron chi connectivity index (χ4n) is 1.79. The highest BCUT2D eigenvalue weighted by molar-refractivity contribution is 6.32. The second-order valence-corrected chi connectivity index (χ2v) is 4.43. The molecular formula is C12H15ClO3. The molecule has 0 spiro atoms. The number of benzene rings is 1. The molecule has 0 heterocycles. The van der Waals surface area contributed by atoms with Crippen LogP contribution in [0.25, 0.3) is 0 Å². The monoisotopic (exact) mass is 242 g/mol. The number of ether oxygens (including phenoxy) is 2. The number of methoxy groups -OCH3 is 2. The minimum Gasteiger partial charge on any atom is -0.493 e. The number of halogens is 1. The van der Waals surface area contributed by atoms with Crippen molar-refractivity contribution in [2.24, 2.45) is 5.92 Å². The van der Waals surface area contributed by atoms with E-state index >= 15 is 0 Å². The highest BCUT2D eigenvalue weighted by atomic mass is 35.5. The Labute approximate surface area is 99.9 Å². The maximum absolute atomic E-state index is 10.0. The lowest BCUT2D eigenvalue weighted by atomic mass is 10.0. The molecule has 1 aliphatic rings. The Hall–Kier alpha value is -0.930. The molecule has 1 N–H and O–H groups in total. The van der Waals surface area contributed by atoms with Gasteiger partial charge in [-0.15, -0.1) is 0 Å². The van der Waals surface area contributed by atoms with E-state index < -0.39 is 6.10 Å². The van der Waals surface area contributed by atoms with Gasteiger partial charge in [-0.2, -0.15) is 0 Å². The summed E-state index contributed by atoms with van der Waals surface area (Å²) in [6.07, 6.45) is 1.71. The molecule has 1 saturated carbocycles. The van der Waals surface area contributed by atoms with Crippen molar-refractivity contribution in [1.29, 1.82) is 0 Å². The van der Waals surface area contributed by atoms with Crippen LogP contribution in [0.2, 0.25) is 5.02 Å². The Morgan fingerprint density at radius 3 is 2.50 bits per heavy atom. The largest absolute Gasteiger partial charge is 0.493 e. The average molecular weight is 243 g/mol. The van der Waals surface area contributed by atoms with Crippen LogP contribution in [0, 0.1) is 5.92 Å². The molecule has 1 aromatic rings. The standard InChI is InChI=1S/C12H15ClO3/c1-15-10-6-8(11(14)7-3-4-7)5-9(13)12(10)16-2/h5-7,11,14H,3-4H2,1-2H3. The molecule has 0 saturated heterocycles. The van der Waals surface area contributed by atoms with Crippen molar-refractivity contribution in [3.05, 3.63) is 22.7 Å². The first-order chi connectivity index (χ1) is 7.67. The van der Waals surface area contributed by atoms with Gasteiger partial charge in [0.15, 0.2) is 11.5 Å². The Kier molecular flexibility index (Phi) is 3.26. The van der Waals surface area contributed by atoms with Crippen LogP contribution < -0.4 is 9.47 Å². The van der Waals surface area contributed by atoms with E-state index in [0.717, 1.165) is 18.4 Å². The van der Waals surface area contributed by atoms with Crippen LogP contribution in [-0.2, 0) is 0 Å². The lowest BCUT2D eigenvalue weighted by molar-refractivity contribution is 0.153. The van der Waals surface area contributed by atoms with Crippen LogP contribution in [0.1, 0.15) is 24.5 Å². The second kappa shape index (κ2) is 4.52. The van der Waals surface area contributed by atoms with Gasteiger partial charge in [0.25, 0.3) is 0 Å². The minimum absolute atomic E-state index is 0.370. The van der Waals surface area contributed by atoms with Crippen LogP contribution in [-0.4, -0.2) is 19.3 Å². The van der Waals surface area contributed by atoms with Gasteiger partial charge in [0, 0.05) is 0 Å². The molecular weight excluding hydrogens is 228 g/mol. The fraction of sp³-hybridized carbons (Fsp3) is 0.500. The van der Waals surface area contributed by atoms with Crippen LogP contribution >= 0.6 is 11.6 Å². The van der Waals surface area contributed by atoms with Crippen LogP contribution in [0.5, 0.6) is 11.5 Å². The van der Waals surface area contributed by atoms with Gasteiger partial charge in [0.2, 0.25) is 0 Å². The predicted octanol–water partition coefficient (Wildman–Crippen LogP) is 2.80. The summed E-state index contributed by atoms with van der Waals surface area (Å²) in [6.45, 7) is 0. The SMILES string of the molecule is COc1cc(C(O)C2CC2)cc(Cl)c1OC. The molecule has 0 amide bonds. The molecule has 0 radical (unpaired) electrons. The first kappa shape index (κ1) is 11.6. The van der Waals surface area contributed by atoms with Gasteiger partial charge in [-0.1, -0.05) is 11.6 Å². The van der Waals surface area contributed by atoms with E-state index in [0.29, 0.717) is 22.4 Å². The molecule has 0 bridgehead atoms. The van der Waals surface area contributed by atoms with Gasteiger partial charge < -0.3 is 14.6 Å². The van der Waals surface area contributed by atoms with Gasteiger partial charge >= 0.3 is 0 Å². The molecule has 4 heteroatoms. The number of hydrogen-bond acceptors (Lipinski definition) is 3. The molecule has 1 atom stereocenters. The average Bonchev–Trinajstić information content (AvgIpc) is 3.10. The predicted molar refractivity (Wildman–Crippen MR) is 62.2 cm³/mol. The summed E-state index contributed by atoms with van der Waals surface area (Å²) in [5.74, 6) is 1.44. The van der Waals surface area contributed by atoms with E-state index in [9.17, 15) is 5.11 Å². The quantitative estimate of drug-likeness (QED) is 0.883. The number of aliphatic hydroxyl groups excluding tert-OH is 1. The number of hydrogen-bond donors (Lipinski definition) is 1. The zero-order chi connectivity index (χ0) is 11.7. The molecule has 2 rings (SSSR count). The van der Waals surface area contributed by atoms with E-state index in [1.165, 1.54) is 0 Å². The molecule has 1 aliphatic carbocycles. The normalized spacial score (nSPS) is 17.0. The van der Waals surface area contributed by atoms with Crippen LogP contribution in [0.4, 0.5) is 0 Å². The zero-order valence-corrected chi connectivity index (χ0v) is 10.1. The molecule has 0 aromatic heterocycles. The molecule has 1 unspecified atom stereocenters. The number of rotatable bonds is 4. The van der Waals surface area contributed by atoms with E-state index in [-0.39, 0.29) is 0 Å². The van der Waals surface area contributed by atoms with E-state index in [1.807, 2.05) is 0 Å². The van der Waals surface area contributed by atoms with Crippen molar-refractivity contribution in [3.63, 3.8) is 0 Å². The van der Waals surface area contributed by atoms with Gasteiger partial charge in [-0.25, -0.2) is 0 Å². The minimum atomic E-state index is -0.447. The lowest BCUT2D eigenvalue weighted by Crippen LogP contribution is -2.01. The second-order valence-electron chi connectivity index (χ2n) is 4.02. The zero-order valence-electron chi connectivity index (χ0n) is 9.37. The van der Waals surface area contributed by atoms with E-state index in [4.69, 9.17) is 21.1 Å². The summed E-state index contributed by atoms with van der Waals surface area (Å²) < 4.78 is 10.3. The highest BCUT2D eigenvalue weighted by Crippen LogP contribution is 2.44. The first-order valence-corrected chi connectivity index (χ1v) is 5.64. The van der Waals surface area contributed by atoms with Crippen molar-refractivity contribution in [2.75, 3.05) is 14.2 Å². The third-order valence-electron chi connectivity index (χ3n) is 2.87. The smallest absolute Gasteiger partial charge is 0.179 e. The van der Waals surface area contributed by atoms with Crippen molar-refractivity contribution in [1.82, 2.24) is 0 Å². The lowest BCUT2D eigenvalue weighted by Gasteiger charge is -2.15. The summed E-state index contributed by atoms with van der Waals surface area (Å²) in [5, 5.41) is 10.5. The van der Waals surface area contributed by atoms with Crippen molar-refractivity contribution in [2.45, 2.75) is 18.9 Å². The van der Waals surface area contributed by atoms with E-state index in [1.54, 1.807) is 26.4 Å². The first-order valence-electron chi connectivity index (χ1n) is 5.27. The Morgan fingerprint density at radius 2 is 2.00 bits per heavy atom. The van der Waals surface area contributed by atoms with E-state index in [2.05, 4.69) is 0 Å². The van der Waals surface area contributed by atoms with Crippen molar-refractivity contribution >= 4 is 11.6 Å². The van der Waals surface area contributed by atoms with Gasteiger partial charge in [-0.05, 0) is 36.5 Å². The summed E-state index contributed by atoms with van der Waals surface area (Å²) in [4.78, 5) is 0. The Balaban J connectivity index is 2.36. The summed E-state index contributed by atoms with van der Waals surface area (Å²) >= 11 is 6.07. The Bertz CT molecular complexity index is 388. The maximum atomic E-state index is 10.0. The van der Waals surface area contributed by atoms with Gasteiger partial charge in [-0.3, -0.25) is 0 Å². The van der Waals surface area contributed by atoms with Crippen LogP contribution in [0.15, 0.2) is 12.1 Å². The van der Waals surface area contributed by atoms with Crippen molar-refractivity contribution in [3.8, 4) is 11.5 Å². The third kappa shape index (κ3) is 2.11. The topological polar surface area (TPSA) is 38.7 Å². The molecule has 1 aromatic carbocycles. The molecule has 3 nitrogen and oxygen atoms in total. The summed E-state index contributed by atoms with van der Waals surface area (Å²) in [5.41, 5.74) is 0.796. The highest BCUT2D eigenvalue weighted by Gasteiger charge is 2.31. The Morgan fingerprint density at radius 1 is 1.31 bits per heavy atom. The summed E-state index contributed by atoms with van der Waals surface area (Å²) in [6, 6.07) is 3.53. The maximum Gasteiger partial charge on any atom is 0.179 e. The van der Waals surface area contributed by atoms with Gasteiger partial charge in [0.1, 0.15) is 0 Å². The third-order valence-corrected chi connectivity index (χ3v) is 3.15. The molecule has 16 heavy (non-hydrogen) atoms. The molecule has 0 aliphatic heterocycles.